The molecule has 0 aliphatic rings. The van der Waals surface area contributed by atoms with Crippen LogP contribution in [0.1, 0.15) is 22.0 Å². The Bertz CT molecular complexity index is 717. The number of hydrogen-bond acceptors (Lipinski definition) is 4. The third-order valence-electron chi connectivity index (χ3n) is 3.99. The first-order valence-corrected chi connectivity index (χ1v) is 7.88. The van der Waals surface area contributed by atoms with Gasteiger partial charge in [-0.25, -0.2) is 4.39 Å². The molecule has 0 radical (unpaired) electrons. The summed E-state index contributed by atoms with van der Waals surface area (Å²) in [4.78, 5) is 14.3. The maximum absolute atomic E-state index is 13.7. The molecule has 0 aliphatic heterocycles. The van der Waals surface area contributed by atoms with E-state index >= 15 is 0 Å². The Hall–Kier alpha value is -2.60. The summed E-state index contributed by atoms with van der Waals surface area (Å²) in [7, 11) is 6.88. The zero-order valence-corrected chi connectivity index (χ0v) is 14.9. The van der Waals surface area contributed by atoms with Crippen molar-refractivity contribution in [2.24, 2.45) is 0 Å². The minimum absolute atomic E-state index is 0.0158. The molecule has 5 nitrogen and oxygen atoms in total. The van der Waals surface area contributed by atoms with Crippen molar-refractivity contribution in [2.75, 3.05) is 34.9 Å². The highest BCUT2D eigenvalue weighted by Gasteiger charge is 2.17. The molecule has 2 rings (SSSR count). The number of likely N-dealkylation sites (N-methyl/N-ethyl adjacent to an activating group) is 1. The number of amides is 1. The molecule has 0 saturated heterocycles. The van der Waals surface area contributed by atoms with Crippen molar-refractivity contribution >= 4 is 5.91 Å². The Morgan fingerprint density at radius 3 is 2.32 bits per heavy atom. The van der Waals surface area contributed by atoms with E-state index in [1.54, 1.807) is 7.11 Å². The number of rotatable bonds is 7. The monoisotopic (exact) mass is 346 g/mol. The van der Waals surface area contributed by atoms with Crippen LogP contribution in [-0.2, 0) is 0 Å². The maximum atomic E-state index is 13.7. The van der Waals surface area contributed by atoms with Gasteiger partial charge in [-0.1, -0.05) is 12.1 Å². The molecule has 0 fully saturated rings. The van der Waals surface area contributed by atoms with Crippen molar-refractivity contribution < 1.29 is 18.7 Å². The fraction of sp³-hybridized carbons (Fsp3) is 0.316. The third kappa shape index (κ3) is 4.70. The average Bonchev–Trinajstić information content (AvgIpc) is 2.61. The van der Waals surface area contributed by atoms with Gasteiger partial charge in [0.15, 0.2) is 11.6 Å². The van der Waals surface area contributed by atoms with E-state index in [1.807, 2.05) is 43.3 Å². The smallest absolute Gasteiger partial charge is 0.251 e. The first-order valence-electron chi connectivity index (χ1n) is 7.88. The lowest BCUT2D eigenvalue weighted by atomic mass is 10.1. The summed E-state index contributed by atoms with van der Waals surface area (Å²) in [6.45, 7) is 0.395. The highest BCUT2D eigenvalue weighted by atomic mass is 19.1. The summed E-state index contributed by atoms with van der Waals surface area (Å²) < 4.78 is 23.8. The molecule has 0 unspecified atom stereocenters. The maximum Gasteiger partial charge on any atom is 0.251 e. The van der Waals surface area contributed by atoms with Crippen molar-refractivity contribution in [3.8, 4) is 11.5 Å². The van der Waals surface area contributed by atoms with E-state index in [2.05, 4.69) is 5.32 Å². The number of methoxy groups -OCH3 is 2. The van der Waals surface area contributed by atoms with Crippen LogP contribution in [0, 0.1) is 5.82 Å². The molecular formula is C19H23FN2O3. The van der Waals surface area contributed by atoms with Crippen molar-refractivity contribution in [3.05, 3.63) is 59.4 Å². The topological polar surface area (TPSA) is 50.8 Å². The molecule has 0 spiro atoms. The first kappa shape index (κ1) is 18.7. The summed E-state index contributed by atoms with van der Waals surface area (Å²) in [5, 5.41) is 2.85. The van der Waals surface area contributed by atoms with Crippen molar-refractivity contribution in [1.29, 1.82) is 0 Å². The second-order valence-electron chi connectivity index (χ2n) is 5.81. The number of ether oxygens (including phenoxy) is 2. The van der Waals surface area contributed by atoms with Crippen LogP contribution in [0.5, 0.6) is 11.5 Å². The van der Waals surface area contributed by atoms with E-state index in [1.165, 1.54) is 25.3 Å². The van der Waals surface area contributed by atoms with E-state index in [9.17, 15) is 9.18 Å². The van der Waals surface area contributed by atoms with Crippen LogP contribution in [0.4, 0.5) is 4.39 Å². The number of halogens is 1. The molecule has 134 valence electrons. The van der Waals surface area contributed by atoms with Gasteiger partial charge in [-0.15, -0.1) is 0 Å². The predicted octanol–water partition coefficient (Wildman–Crippen LogP) is 2.88. The number of carbonyl (C=O) groups excluding carboxylic acids is 1. The number of nitrogens with zero attached hydrogens (tertiary/aromatic N) is 1. The number of benzene rings is 2. The molecule has 0 aliphatic carbocycles. The molecule has 2 aromatic rings. The zero-order valence-electron chi connectivity index (χ0n) is 14.9. The van der Waals surface area contributed by atoms with Gasteiger partial charge in [0.25, 0.3) is 5.91 Å². The molecular weight excluding hydrogens is 323 g/mol. The van der Waals surface area contributed by atoms with Gasteiger partial charge in [-0.2, -0.15) is 0 Å². The SMILES string of the molecule is COc1ccc([C@@H](CNC(=O)c2ccc(OC)c(F)c2)N(C)C)cc1. The van der Waals surface area contributed by atoms with Gasteiger partial charge in [0.2, 0.25) is 0 Å². The van der Waals surface area contributed by atoms with Gasteiger partial charge in [0.1, 0.15) is 5.75 Å². The Labute approximate surface area is 147 Å². The minimum atomic E-state index is -0.561. The lowest BCUT2D eigenvalue weighted by Crippen LogP contribution is -2.34. The molecule has 1 N–H and O–H groups in total. The minimum Gasteiger partial charge on any atom is -0.497 e. The molecule has 0 bridgehead atoms. The molecule has 2 aromatic carbocycles. The van der Waals surface area contributed by atoms with Crippen LogP contribution in [0.3, 0.4) is 0 Å². The number of nitrogens with one attached hydrogen (secondary N) is 1. The quantitative estimate of drug-likeness (QED) is 0.838. The van der Waals surface area contributed by atoms with Gasteiger partial charge >= 0.3 is 0 Å². The molecule has 0 heterocycles. The Morgan fingerprint density at radius 1 is 1.12 bits per heavy atom. The van der Waals surface area contributed by atoms with Gasteiger partial charge in [0.05, 0.1) is 20.3 Å². The third-order valence-corrected chi connectivity index (χ3v) is 3.99. The van der Waals surface area contributed by atoms with Crippen LogP contribution in [0.25, 0.3) is 0 Å². The summed E-state index contributed by atoms with van der Waals surface area (Å²) in [5.74, 6) is -0.00340. The normalized spacial score (nSPS) is 11.9. The standard InChI is InChI=1S/C19H23FN2O3/c1-22(2)17(13-5-8-15(24-3)9-6-13)12-21-19(23)14-7-10-18(25-4)16(20)11-14/h5-11,17H,12H2,1-4H3,(H,21,23)/t17-/m1/s1. The fourth-order valence-corrected chi connectivity index (χ4v) is 2.52. The lowest BCUT2D eigenvalue weighted by Gasteiger charge is -2.25. The second-order valence-corrected chi connectivity index (χ2v) is 5.81. The van der Waals surface area contributed by atoms with E-state index in [4.69, 9.17) is 9.47 Å². The molecule has 1 amide bonds. The first-order chi connectivity index (χ1) is 12.0. The van der Waals surface area contributed by atoms with Crippen LogP contribution < -0.4 is 14.8 Å². The van der Waals surface area contributed by atoms with Crippen LogP contribution >= 0.6 is 0 Å². The fourth-order valence-electron chi connectivity index (χ4n) is 2.52. The molecule has 25 heavy (non-hydrogen) atoms. The summed E-state index contributed by atoms with van der Waals surface area (Å²) in [6.07, 6.45) is 0. The van der Waals surface area contributed by atoms with E-state index in [-0.39, 0.29) is 23.3 Å². The summed E-state index contributed by atoms with van der Waals surface area (Å²) >= 11 is 0. The van der Waals surface area contributed by atoms with Gasteiger partial charge in [-0.05, 0) is 50.0 Å². The predicted molar refractivity (Wildman–Crippen MR) is 94.7 cm³/mol. The molecule has 0 aromatic heterocycles. The zero-order chi connectivity index (χ0) is 18.4. The van der Waals surface area contributed by atoms with Gasteiger partial charge < -0.3 is 19.7 Å². The van der Waals surface area contributed by atoms with E-state index in [0.717, 1.165) is 11.3 Å². The number of carbonyl (C=O) groups is 1. The van der Waals surface area contributed by atoms with Crippen molar-refractivity contribution in [1.82, 2.24) is 10.2 Å². The second kappa shape index (κ2) is 8.48. The van der Waals surface area contributed by atoms with Gasteiger partial charge in [-0.3, -0.25) is 4.79 Å². The Morgan fingerprint density at radius 2 is 1.80 bits per heavy atom. The average molecular weight is 346 g/mol. The summed E-state index contributed by atoms with van der Waals surface area (Å²) in [5.41, 5.74) is 1.30. The highest BCUT2D eigenvalue weighted by molar-refractivity contribution is 5.94. The van der Waals surface area contributed by atoms with Crippen molar-refractivity contribution in [2.45, 2.75) is 6.04 Å². The van der Waals surface area contributed by atoms with E-state index < -0.39 is 5.82 Å². The Balaban J connectivity index is 2.07. The van der Waals surface area contributed by atoms with Crippen molar-refractivity contribution in [3.63, 3.8) is 0 Å². The van der Waals surface area contributed by atoms with Crippen LogP contribution in [0.15, 0.2) is 42.5 Å². The largest absolute Gasteiger partial charge is 0.497 e. The number of hydrogen-bond donors (Lipinski definition) is 1. The van der Waals surface area contributed by atoms with E-state index in [0.29, 0.717) is 6.54 Å². The summed E-state index contributed by atoms with van der Waals surface area (Å²) in [6, 6.07) is 11.8. The molecule has 6 heteroatoms. The van der Waals surface area contributed by atoms with Gasteiger partial charge in [0, 0.05) is 12.1 Å². The highest BCUT2D eigenvalue weighted by Crippen LogP contribution is 2.21. The Kier molecular flexibility index (Phi) is 6.36. The van der Waals surface area contributed by atoms with Crippen LogP contribution in [-0.4, -0.2) is 45.7 Å². The molecule has 0 saturated carbocycles. The lowest BCUT2D eigenvalue weighted by molar-refractivity contribution is 0.0941. The molecule has 1 atom stereocenters. The van der Waals surface area contributed by atoms with Crippen LogP contribution in [0.2, 0.25) is 0 Å².